The van der Waals surface area contributed by atoms with E-state index in [-0.39, 0.29) is 17.5 Å². The predicted octanol–water partition coefficient (Wildman–Crippen LogP) is 1.60. The third-order valence-electron chi connectivity index (χ3n) is 6.96. The third-order valence-corrected chi connectivity index (χ3v) is 7.21. The van der Waals surface area contributed by atoms with Crippen molar-refractivity contribution < 1.29 is 4.52 Å². The van der Waals surface area contributed by atoms with Crippen LogP contribution in [0.25, 0.3) is 11.2 Å². The SMILES string of the molecule is Cn1cnc2ncn(Cc3nc([C@@]45C6[C@H]4[C@H]5CN6c4ccc(Cl)cc4)no3)c(=O)c21. The van der Waals surface area contributed by atoms with Crippen LogP contribution in [0.2, 0.25) is 5.02 Å². The molecule has 2 aliphatic heterocycles. The second-order valence-corrected chi connectivity index (χ2v) is 8.79. The van der Waals surface area contributed by atoms with E-state index in [0.717, 1.165) is 17.4 Å². The maximum Gasteiger partial charge on any atom is 0.280 e. The first kappa shape index (κ1) is 16.6. The van der Waals surface area contributed by atoms with Gasteiger partial charge in [-0.1, -0.05) is 16.8 Å². The molecule has 4 aromatic rings. The van der Waals surface area contributed by atoms with Crippen LogP contribution in [0.15, 0.2) is 46.2 Å². The summed E-state index contributed by atoms with van der Waals surface area (Å²) in [6, 6.07) is 8.39. The Labute approximate surface area is 174 Å². The fraction of sp³-hybridized carbons (Fsp3) is 0.350. The monoisotopic (exact) mass is 421 g/mol. The number of aryl methyl sites for hydroxylation is 1. The van der Waals surface area contributed by atoms with E-state index in [1.165, 1.54) is 16.6 Å². The molecule has 2 bridgehead atoms. The Balaban J connectivity index is 1.16. The smallest absolute Gasteiger partial charge is 0.280 e. The molecule has 0 radical (unpaired) electrons. The van der Waals surface area contributed by atoms with E-state index >= 15 is 0 Å². The molecule has 0 spiro atoms. The van der Waals surface area contributed by atoms with Crippen molar-refractivity contribution in [1.82, 2.24) is 29.2 Å². The molecule has 8 rings (SSSR count). The average Bonchev–Trinajstić information content (AvgIpc) is 3.21. The molecule has 10 heteroatoms. The molecular formula is C20H16ClN7O2. The lowest BCUT2D eigenvalue weighted by atomic mass is 10.1. The molecular weight excluding hydrogens is 406 g/mol. The van der Waals surface area contributed by atoms with Gasteiger partial charge >= 0.3 is 0 Å². The van der Waals surface area contributed by atoms with Crippen LogP contribution >= 0.6 is 11.6 Å². The highest BCUT2D eigenvalue weighted by Crippen LogP contribution is 2.85. The number of hydrogen-bond donors (Lipinski definition) is 0. The quantitative estimate of drug-likeness (QED) is 0.494. The number of piperidine rings is 1. The molecule has 30 heavy (non-hydrogen) atoms. The van der Waals surface area contributed by atoms with Gasteiger partial charge < -0.3 is 14.0 Å². The Morgan fingerprint density at radius 3 is 2.83 bits per heavy atom. The van der Waals surface area contributed by atoms with Crippen LogP contribution in [0, 0.1) is 11.8 Å². The molecule has 150 valence electrons. The Bertz CT molecular complexity index is 1380. The number of aromatic nitrogens is 6. The first-order valence-corrected chi connectivity index (χ1v) is 10.2. The normalized spacial score (nSPS) is 28.2. The van der Waals surface area contributed by atoms with Gasteiger partial charge in [-0.3, -0.25) is 9.36 Å². The van der Waals surface area contributed by atoms with Gasteiger partial charge in [-0.05, 0) is 30.2 Å². The first-order valence-electron chi connectivity index (χ1n) is 9.81. The summed E-state index contributed by atoms with van der Waals surface area (Å²) in [6.45, 7) is 1.19. The van der Waals surface area contributed by atoms with Crippen molar-refractivity contribution in [3.63, 3.8) is 0 Å². The lowest BCUT2D eigenvalue weighted by Crippen LogP contribution is -2.23. The standard InChI is InChI=1S/C20H16ClN7O2/c1-26-8-22-17-15(26)18(29)27(9-23-17)7-13-24-19(25-30-13)20-12-6-28(16(20)14(12)20)11-4-2-10(21)3-5-11/h2-5,8-9,12,14,16H,6-7H2,1H3/t12-,14-,16?,20-/m1/s1. The zero-order valence-electron chi connectivity index (χ0n) is 15.9. The van der Waals surface area contributed by atoms with Crippen LogP contribution in [0.1, 0.15) is 11.7 Å². The summed E-state index contributed by atoms with van der Waals surface area (Å²) in [5.41, 5.74) is 1.90. The first-order chi connectivity index (χ1) is 14.6. The fourth-order valence-electron chi connectivity index (χ4n) is 5.46. The molecule has 1 unspecified atom stereocenters. The van der Waals surface area contributed by atoms with Gasteiger partial charge in [0.2, 0.25) is 5.89 Å². The van der Waals surface area contributed by atoms with E-state index in [9.17, 15) is 4.79 Å². The van der Waals surface area contributed by atoms with E-state index in [4.69, 9.17) is 16.1 Å². The van der Waals surface area contributed by atoms with Crippen LogP contribution < -0.4 is 10.5 Å². The van der Waals surface area contributed by atoms with E-state index < -0.39 is 0 Å². The van der Waals surface area contributed by atoms with E-state index in [1.807, 2.05) is 12.1 Å². The van der Waals surface area contributed by atoms with Crippen LogP contribution in [0.5, 0.6) is 0 Å². The Kier molecular flexibility index (Phi) is 2.92. The van der Waals surface area contributed by atoms with Crippen LogP contribution in [-0.2, 0) is 19.0 Å². The molecule has 4 atom stereocenters. The predicted molar refractivity (Wildman–Crippen MR) is 107 cm³/mol. The van der Waals surface area contributed by atoms with Crippen molar-refractivity contribution in [2.24, 2.45) is 18.9 Å². The number of benzene rings is 1. The lowest BCUT2D eigenvalue weighted by Gasteiger charge is -2.18. The van der Waals surface area contributed by atoms with Gasteiger partial charge in [0.15, 0.2) is 17.0 Å². The van der Waals surface area contributed by atoms with Gasteiger partial charge in [0.1, 0.15) is 12.9 Å². The van der Waals surface area contributed by atoms with Crippen LogP contribution in [0.4, 0.5) is 5.69 Å². The van der Waals surface area contributed by atoms with Gasteiger partial charge in [-0.2, -0.15) is 4.98 Å². The summed E-state index contributed by atoms with van der Waals surface area (Å²) in [6.07, 6.45) is 3.05. The number of rotatable bonds is 4. The number of halogens is 1. The van der Waals surface area contributed by atoms with E-state index in [1.54, 1.807) is 17.9 Å². The van der Waals surface area contributed by atoms with Crippen molar-refractivity contribution >= 4 is 28.5 Å². The van der Waals surface area contributed by atoms with E-state index in [0.29, 0.717) is 34.9 Å². The third kappa shape index (κ3) is 1.91. The minimum Gasteiger partial charge on any atom is -0.367 e. The summed E-state index contributed by atoms with van der Waals surface area (Å²) in [5, 5.41) is 5.02. The second kappa shape index (κ2) is 5.28. The number of nitrogens with zero attached hydrogens (tertiary/aromatic N) is 7. The summed E-state index contributed by atoms with van der Waals surface area (Å²) >= 11 is 6.02. The maximum atomic E-state index is 12.7. The van der Waals surface area contributed by atoms with Crippen LogP contribution in [-0.4, -0.2) is 41.8 Å². The molecule has 2 aliphatic carbocycles. The molecule has 9 nitrogen and oxygen atoms in total. The minimum atomic E-state index is -0.178. The average molecular weight is 422 g/mol. The van der Waals surface area contributed by atoms with Crippen LogP contribution in [0.3, 0.4) is 0 Å². The van der Waals surface area contributed by atoms with Crippen molar-refractivity contribution in [1.29, 1.82) is 0 Å². The maximum absolute atomic E-state index is 12.7. The number of imidazole rings is 1. The number of hydrogen-bond acceptors (Lipinski definition) is 7. The van der Waals surface area contributed by atoms with Gasteiger partial charge in [-0.15, -0.1) is 0 Å². The zero-order valence-corrected chi connectivity index (χ0v) is 16.7. The molecule has 2 saturated carbocycles. The highest BCUT2D eigenvalue weighted by atomic mass is 35.5. The highest BCUT2D eigenvalue weighted by Gasteiger charge is 2.95. The van der Waals surface area contributed by atoms with Crippen molar-refractivity contribution in [3.8, 4) is 0 Å². The second-order valence-electron chi connectivity index (χ2n) is 8.36. The Hall–Kier alpha value is -3.20. The number of fused-ring (bicyclic) bond motifs is 2. The van der Waals surface area contributed by atoms with E-state index in [2.05, 4.69) is 37.1 Å². The highest BCUT2D eigenvalue weighted by molar-refractivity contribution is 6.30. The molecule has 1 aromatic carbocycles. The van der Waals surface area contributed by atoms with Gasteiger partial charge in [0, 0.05) is 36.3 Å². The zero-order chi connectivity index (χ0) is 20.2. The van der Waals surface area contributed by atoms with Gasteiger partial charge in [0.25, 0.3) is 5.56 Å². The molecule has 4 aliphatic rings. The summed E-state index contributed by atoms with van der Waals surface area (Å²) in [7, 11) is 1.77. The Morgan fingerprint density at radius 2 is 2.03 bits per heavy atom. The van der Waals surface area contributed by atoms with Crippen molar-refractivity contribution in [2.45, 2.75) is 18.0 Å². The van der Waals surface area contributed by atoms with Crippen molar-refractivity contribution in [3.05, 3.63) is 64.0 Å². The summed E-state index contributed by atoms with van der Waals surface area (Å²) in [5.74, 6) is 2.34. The topological polar surface area (TPSA) is 94.9 Å². The fourth-order valence-corrected chi connectivity index (χ4v) is 5.59. The largest absolute Gasteiger partial charge is 0.367 e. The minimum absolute atomic E-state index is 0.0105. The number of anilines is 1. The van der Waals surface area contributed by atoms with Crippen molar-refractivity contribution in [2.75, 3.05) is 11.4 Å². The summed E-state index contributed by atoms with van der Waals surface area (Å²) < 4.78 is 8.66. The Morgan fingerprint density at radius 1 is 1.23 bits per heavy atom. The molecule has 3 aromatic heterocycles. The molecule has 0 N–H and O–H groups in total. The molecule has 2 saturated heterocycles. The summed E-state index contributed by atoms with van der Waals surface area (Å²) in [4.78, 5) is 28.2. The molecule has 0 amide bonds. The lowest BCUT2D eigenvalue weighted by molar-refractivity contribution is 0.362. The van der Waals surface area contributed by atoms with Gasteiger partial charge in [-0.25, -0.2) is 9.97 Å². The molecule has 5 heterocycles. The molecule has 4 fully saturated rings. The van der Waals surface area contributed by atoms with Gasteiger partial charge in [0.05, 0.1) is 11.7 Å².